The maximum absolute atomic E-state index is 13.9. The van der Waals surface area contributed by atoms with Gasteiger partial charge in [0.05, 0.1) is 29.8 Å². The molecule has 0 saturated carbocycles. The summed E-state index contributed by atoms with van der Waals surface area (Å²) in [4.78, 5) is 46.6. The van der Waals surface area contributed by atoms with Crippen LogP contribution in [0.5, 0.6) is 11.5 Å². The first-order valence-electron chi connectivity index (χ1n) is 12.1. The van der Waals surface area contributed by atoms with Crippen LogP contribution in [0.4, 0.5) is 5.13 Å². The van der Waals surface area contributed by atoms with E-state index in [4.69, 9.17) is 18.6 Å². The van der Waals surface area contributed by atoms with Gasteiger partial charge in [-0.05, 0) is 42.8 Å². The molecule has 1 unspecified atom stereocenters. The number of fused-ring (bicyclic) bond motifs is 2. The van der Waals surface area contributed by atoms with Crippen LogP contribution in [-0.2, 0) is 4.74 Å². The second-order valence-corrected chi connectivity index (χ2v) is 10.6. The number of aryl methyl sites for hydroxylation is 1. The average Bonchev–Trinajstić information content (AvgIpc) is 3.48. The Kier molecular flexibility index (Phi) is 7.59. The lowest BCUT2D eigenvalue weighted by atomic mass is 9.98. The zero-order chi connectivity index (χ0) is 28.6. The highest BCUT2D eigenvalue weighted by molar-refractivity contribution is 9.10. The van der Waals surface area contributed by atoms with E-state index in [1.165, 1.54) is 18.1 Å². The van der Waals surface area contributed by atoms with Gasteiger partial charge in [-0.2, -0.15) is 0 Å². The van der Waals surface area contributed by atoms with Crippen molar-refractivity contribution >= 4 is 55.2 Å². The van der Waals surface area contributed by atoms with E-state index in [0.29, 0.717) is 32.6 Å². The molecule has 2 aromatic carbocycles. The highest BCUT2D eigenvalue weighted by Gasteiger charge is 2.45. The fourth-order valence-corrected chi connectivity index (χ4v) is 5.80. The molecule has 0 saturated heterocycles. The zero-order valence-corrected chi connectivity index (χ0v) is 24.0. The molecule has 5 rings (SSSR count). The maximum Gasteiger partial charge on any atom is 0.350 e. The Morgan fingerprint density at radius 1 is 1.15 bits per heavy atom. The summed E-state index contributed by atoms with van der Waals surface area (Å²) in [5.74, 6) is -0.379. The van der Waals surface area contributed by atoms with Gasteiger partial charge >= 0.3 is 5.97 Å². The lowest BCUT2D eigenvalue weighted by molar-refractivity contribution is 0.0554. The van der Waals surface area contributed by atoms with Crippen molar-refractivity contribution in [3.8, 4) is 11.5 Å². The third kappa shape index (κ3) is 4.71. The Labute approximate surface area is 241 Å². The van der Waals surface area contributed by atoms with Crippen LogP contribution in [0.2, 0.25) is 0 Å². The number of carbonyl (C=O) groups is 2. The van der Waals surface area contributed by atoms with Crippen LogP contribution in [0.3, 0.4) is 0 Å². The van der Waals surface area contributed by atoms with Gasteiger partial charge in [0.1, 0.15) is 23.7 Å². The summed E-state index contributed by atoms with van der Waals surface area (Å²) in [5, 5.41) is 0.523. The second-order valence-electron chi connectivity index (χ2n) is 8.70. The highest BCUT2D eigenvalue weighted by atomic mass is 79.9. The smallest absolute Gasteiger partial charge is 0.350 e. The molecule has 0 N–H and O–H groups in total. The monoisotopic (exact) mass is 622 g/mol. The molecule has 40 heavy (non-hydrogen) atoms. The van der Waals surface area contributed by atoms with E-state index in [2.05, 4.69) is 34.1 Å². The largest absolute Gasteiger partial charge is 0.493 e. The van der Waals surface area contributed by atoms with E-state index < -0.39 is 17.9 Å². The summed E-state index contributed by atoms with van der Waals surface area (Å²) < 4.78 is 23.1. The number of anilines is 1. The number of nitrogens with zero attached hydrogens (tertiary/aromatic N) is 2. The van der Waals surface area contributed by atoms with Gasteiger partial charge in [-0.25, -0.2) is 9.78 Å². The SMILES string of the molecule is C=CCOC(=O)c1sc(N2C(=O)c3oc4ccc(Br)cc4c(=O)c3C2c2ccc(OCC=C)c(OC)c2)nc1C. The molecule has 1 atom stereocenters. The fraction of sp³-hybridized carbons (Fsp3) is 0.172. The normalized spacial score (nSPS) is 14.2. The van der Waals surface area contributed by atoms with Crippen molar-refractivity contribution in [1.29, 1.82) is 0 Å². The van der Waals surface area contributed by atoms with Gasteiger partial charge in [-0.1, -0.05) is 58.6 Å². The van der Waals surface area contributed by atoms with Crippen LogP contribution >= 0.6 is 27.3 Å². The Morgan fingerprint density at radius 2 is 1.93 bits per heavy atom. The standard InChI is InChI=1S/C29H23BrN2O7S/c1-5-11-37-20-9-7-16(13-21(20)36-4)23-22-24(33)18-14-17(30)8-10-19(18)39-25(22)27(34)32(23)29-31-15(3)26(40-29)28(35)38-12-6-2/h5-10,13-14,23H,1-2,11-12H2,3-4H3. The van der Waals surface area contributed by atoms with Crippen molar-refractivity contribution in [2.75, 3.05) is 25.2 Å². The number of esters is 1. The van der Waals surface area contributed by atoms with Crippen LogP contribution in [0.25, 0.3) is 11.0 Å². The molecule has 1 aliphatic heterocycles. The number of amides is 1. The molecule has 1 aliphatic rings. The number of benzene rings is 2. The number of methoxy groups -OCH3 is 1. The number of hydrogen-bond acceptors (Lipinski definition) is 9. The first kappa shape index (κ1) is 27.4. The van der Waals surface area contributed by atoms with E-state index in [1.807, 2.05) is 0 Å². The van der Waals surface area contributed by atoms with Crippen LogP contribution < -0.4 is 19.8 Å². The molecule has 4 aromatic rings. The third-order valence-electron chi connectivity index (χ3n) is 6.20. The maximum atomic E-state index is 13.9. The number of carbonyl (C=O) groups excluding carboxylic acids is 2. The molecule has 0 fully saturated rings. The van der Waals surface area contributed by atoms with E-state index in [0.717, 1.165) is 11.3 Å². The summed E-state index contributed by atoms with van der Waals surface area (Å²) in [6.45, 7) is 9.17. The summed E-state index contributed by atoms with van der Waals surface area (Å²) >= 11 is 4.40. The van der Waals surface area contributed by atoms with E-state index >= 15 is 0 Å². The van der Waals surface area contributed by atoms with E-state index in [-0.39, 0.29) is 45.6 Å². The molecule has 2 aromatic heterocycles. The minimum atomic E-state index is -0.924. The van der Waals surface area contributed by atoms with Crippen molar-refractivity contribution in [2.45, 2.75) is 13.0 Å². The topological polar surface area (TPSA) is 108 Å². The van der Waals surface area contributed by atoms with Gasteiger partial charge < -0.3 is 18.6 Å². The average molecular weight is 623 g/mol. The molecular weight excluding hydrogens is 600 g/mol. The number of hydrogen-bond donors (Lipinski definition) is 0. The van der Waals surface area contributed by atoms with Crippen molar-refractivity contribution in [1.82, 2.24) is 4.98 Å². The Hall–Kier alpha value is -4.22. The van der Waals surface area contributed by atoms with Gasteiger partial charge in [0.15, 0.2) is 22.1 Å². The minimum absolute atomic E-state index is 0.0306. The van der Waals surface area contributed by atoms with Crippen molar-refractivity contribution < 1.29 is 28.2 Å². The molecule has 3 heterocycles. The van der Waals surface area contributed by atoms with Crippen LogP contribution in [-0.4, -0.2) is 37.2 Å². The van der Waals surface area contributed by atoms with Gasteiger partial charge in [-0.15, -0.1) is 0 Å². The number of thiazole rings is 1. The summed E-state index contributed by atoms with van der Waals surface area (Å²) in [6, 6.07) is 9.22. The molecule has 1 amide bonds. The Bertz CT molecular complexity index is 1740. The number of halogens is 1. The van der Waals surface area contributed by atoms with Crippen molar-refractivity contribution in [3.63, 3.8) is 0 Å². The number of rotatable bonds is 9. The van der Waals surface area contributed by atoms with Crippen LogP contribution in [0.15, 0.2) is 75.4 Å². The van der Waals surface area contributed by atoms with Crippen LogP contribution in [0, 0.1) is 6.92 Å². The minimum Gasteiger partial charge on any atom is -0.493 e. The van der Waals surface area contributed by atoms with Crippen molar-refractivity contribution in [2.24, 2.45) is 0 Å². The number of ether oxygens (including phenoxy) is 3. The van der Waals surface area contributed by atoms with Crippen LogP contribution in [0.1, 0.15) is 43.1 Å². The summed E-state index contributed by atoms with van der Waals surface area (Å²) in [7, 11) is 1.50. The number of aromatic nitrogens is 1. The summed E-state index contributed by atoms with van der Waals surface area (Å²) in [5.41, 5.74) is 1.01. The fourth-order valence-electron chi connectivity index (χ4n) is 4.45. The molecule has 0 spiro atoms. The lowest BCUT2D eigenvalue weighted by Gasteiger charge is -2.23. The zero-order valence-electron chi connectivity index (χ0n) is 21.6. The molecule has 0 bridgehead atoms. The second kappa shape index (κ2) is 11.1. The van der Waals surface area contributed by atoms with E-state index in [9.17, 15) is 14.4 Å². The summed E-state index contributed by atoms with van der Waals surface area (Å²) in [6.07, 6.45) is 3.07. The van der Waals surface area contributed by atoms with Crippen molar-refractivity contribution in [3.05, 3.63) is 104 Å². The Balaban J connectivity index is 1.72. The van der Waals surface area contributed by atoms with Gasteiger partial charge in [0.2, 0.25) is 5.76 Å². The quantitative estimate of drug-likeness (QED) is 0.165. The molecule has 0 radical (unpaired) electrons. The molecular formula is C29H23BrN2O7S. The lowest BCUT2D eigenvalue weighted by Crippen LogP contribution is -2.29. The predicted molar refractivity (Wildman–Crippen MR) is 155 cm³/mol. The van der Waals surface area contributed by atoms with Gasteiger partial charge in [0.25, 0.3) is 5.91 Å². The van der Waals surface area contributed by atoms with E-state index in [1.54, 1.807) is 49.4 Å². The van der Waals surface area contributed by atoms with Gasteiger partial charge in [-0.3, -0.25) is 14.5 Å². The molecule has 0 aliphatic carbocycles. The highest BCUT2D eigenvalue weighted by Crippen LogP contribution is 2.45. The third-order valence-corrected chi connectivity index (χ3v) is 7.83. The molecule has 11 heteroatoms. The first-order valence-corrected chi connectivity index (χ1v) is 13.7. The van der Waals surface area contributed by atoms with Gasteiger partial charge in [0, 0.05) is 4.47 Å². The predicted octanol–water partition coefficient (Wildman–Crippen LogP) is 5.99. The first-order chi connectivity index (χ1) is 19.3. The molecule has 9 nitrogen and oxygen atoms in total. The molecule has 204 valence electrons. The Morgan fingerprint density at radius 3 is 2.65 bits per heavy atom.